The summed E-state index contributed by atoms with van der Waals surface area (Å²) in [6.45, 7) is 2.17. The monoisotopic (exact) mass is 297 g/mol. The Labute approximate surface area is 122 Å². The van der Waals surface area contributed by atoms with Gasteiger partial charge in [-0.05, 0) is 37.0 Å². The Morgan fingerprint density at radius 3 is 2.85 bits per heavy atom. The zero-order chi connectivity index (χ0) is 15.0. The fraction of sp³-hybridized carbons (Fsp3) is 0.462. The second-order valence-corrected chi connectivity index (χ2v) is 5.25. The topological polar surface area (TPSA) is 91.3 Å². The number of hydrogen-bond donors (Lipinski definition) is 3. The van der Waals surface area contributed by atoms with Crippen LogP contribution in [-0.2, 0) is 11.3 Å². The van der Waals surface area contributed by atoms with Crippen LogP contribution in [-0.4, -0.2) is 40.1 Å². The number of thioether (sulfide) groups is 1. The summed E-state index contributed by atoms with van der Waals surface area (Å²) < 4.78 is 0. The lowest BCUT2D eigenvalue weighted by Gasteiger charge is -2.14. The average Bonchev–Trinajstić information content (AvgIpc) is 2.42. The predicted molar refractivity (Wildman–Crippen MR) is 78.8 cm³/mol. The van der Waals surface area contributed by atoms with Crippen LogP contribution in [0, 0.1) is 6.92 Å². The maximum atomic E-state index is 11.7. The van der Waals surface area contributed by atoms with Crippen LogP contribution in [0.3, 0.4) is 0 Å². The highest BCUT2D eigenvalue weighted by Gasteiger charge is 2.19. The summed E-state index contributed by atoms with van der Waals surface area (Å²) in [5.74, 6) is -0.348. The number of carboxylic acids is 1. The van der Waals surface area contributed by atoms with Gasteiger partial charge in [-0.1, -0.05) is 6.07 Å². The fourth-order valence-corrected chi connectivity index (χ4v) is 2.04. The molecule has 20 heavy (non-hydrogen) atoms. The van der Waals surface area contributed by atoms with Gasteiger partial charge in [0.25, 0.3) is 0 Å². The van der Waals surface area contributed by atoms with E-state index in [0.29, 0.717) is 12.2 Å². The van der Waals surface area contributed by atoms with Crippen molar-refractivity contribution in [3.8, 4) is 0 Å². The average molecular weight is 297 g/mol. The van der Waals surface area contributed by atoms with Gasteiger partial charge < -0.3 is 15.7 Å². The van der Waals surface area contributed by atoms with Gasteiger partial charge in [-0.3, -0.25) is 4.98 Å². The minimum Gasteiger partial charge on any atom is -0.480 e. The molecule has 0 unspecified atom stereocenters. The molecule has 0 aliphatic heterocycles. The maximum absolute atomic E-state index is 11.7. The molecule has 0 aromatic carbocycles. The van der Waals surface area contributed by atoms with Gasteiger partial charge in [0.1, 0.15) is 6.04 Å². The molecule has 0 fully saturated rings. The van der Waals surface area contributed by atoms with Crippen LogP contribution in [0.4, 0.5) is 4.79 Å². The molecular formula is C13H19N3O3S. The molecule has 1 heterocycles. The Balaban J connectivity index is 2.46. The van der Waals surface area contributed by atoms with Gasteiger partial charge >= 0.3 is 12.0 Å². The number of aromatic nitrogens is 1. The molecule has 7 heteroatoms. The summed E-state index contributed by atoms with van der Waals surface area (Å²) in [5, 5.41) is 14.1. The zero-order valence-electron chi connectivity index (χ0n) is 11.5. The second kappa shape index (κ2) is 8.42. The lowest BCUT2D eigenvalue weighted by molar-refractivity contribution is -0.139. The van der Waals surface area contributed by atoms with Crippen LogP contribution in [0.1, 0.15) is 17.7 Å². The highest BCUT2D eigenvalue weighted by Crippen LogP contribution is 2.03. The van der Waals surface area contributed by atoms with Gasteiger partial charge in [0, 0.05) is 6.20 Å². The zero-order valence-corrected chi connectivity index (χ0v) is 12.4. The highest BCUT2D eigenvalue weighted by molar-refractivity contribution is 7.98. The normalized spacial score (nSPS) is 11.7. The first kappa shape index (κ1) is 16.3. The third kappa shape index (κ3) is 5.48. The molecule has 0 aliphatic rings. The van der Waals surface area contributed by atoms with Crippen LogP contribution in [0.5, 0.6) is 0 Å². The SMILES string of the molecule is CSCC[C@H](NC(=O)NCc1ncccc1C)C(=O)O. The van der Waals surface area contributed by atoms with Crippen LogP contribution < -0.4 is 10.6 Å². The van der Waals surface area contributed by atoms with Gasteiger partial charge in [-0.2, -0.15) is 11.8 Å². The summed E-state index contributed by atoms with van der Waals surface area (Å²) >= 11 is 1.54. The van der Waals surface area contributed by atoms with Crippen LogP contribution in [0.25, 0.3) is 0 Å². The molecule has 0 bridgehead atoms. The van der Waals surface area contributed by atoms with Crippen molar-refractivity contribution in [2.24, 2.45) is 0 Å². The van der Waals surface area contributed by atoms with Gasteiger partial charge in [0.15, 0.2) is 0 Å². The number of aryl methyl sites for hydroxylation is 1. The number of amides is 2. The number of nitrogens with one attached hydrogen (secondary N) is 2. The second-order valence-electron chi connectivity index (χ2n) is 4.27. The van der Waals surface area contributed by atoms with Crippen molar-refractivity contribution < 1.29 is 14.7 Å². The number of urea groups is 1. The van der Waals surface area contributed by atoms with Crippen molar-refractivity contribution in [2.75, 3.05) is 12.0 Å². The number of carboxylic acid groups (broad SMARTS) is 1. The van der Waals surface area contributed by atoms with Gasteiger partial charge in [-0.25, -0.2) is 9.59 Å². The number of pyridine rings is 1. The summed E-state index contributed by atoms with van der Waals surface area (Å²) in [7, 11) is 0. The van der Waals surface area contributed by atoms with E-state index in [0.717, 1.165) is 11.3 Å². The Hall–Kier alpha value is -1.76. The number of carbonyl (C=O) groups is 2. The van der Waals surface area contributed by atoms with E-state index in [1.54, 1.807) is 18.0 Å². The van der Waals surface area contributed by atoms with E-state index in [1.165, 1.54) is 0 Å². The van der Waals surface area contributed by atoms with Crippen molar-refractivity contribution >= 4 is 23.8 Å². The minimum absolute atomic E-state index is 0.271. The molecule has 1 aromatic heterocycles. The molecule has 0 radical (unpaired) electrons. The summed E-state index contributed by atoms with van der Waals surface area (Å²) in [4.78, 5) is 26.8. The molecule has 2 amide bonds. The highest BCUT2D eigenvalue weighted by atomic mass is 32.2. The van der Waals surface area contributed by atoms with E-state index >= 15 is 0 Å². The number of carbonyl (C=O) groups excluding carboxylic acids is 1. The molecular weight excluding hydrogens is 278 g/mol. The molecule has 6 nitrogen and oxygen atoms in total. The molecule has 1 atom stereocenters. The van der Waals surface area contributed by atoms with Crippen molar-refractivity contribution in [3.05, 3.63) is 29.6 Å². The molecule has 1 aromatic rings. The number of hydrogen-bond acceptors (Lipinski definition) is 4. The van der Waals surface area contributed by atoms with E-state index in [2.05, 4.69) is 15.6 Å². The van der Waals surface area contributed by atoms with Gasteiger partial charge in [-0.15, -0.1) is 0 Å². The standard InChI is InChI=1S/C13H19N3O3S/c1-9-4-3-6-14-11(9)8-15-13(19)16-10(12(17)18)5-7-20-2/h3-4,6,10H,5,7-8H2,1-2H3,(H,17,18)(H2,15,16,19)/t10-/m0/s1. The number of aliphatic carboxylic acids is 1. The third-order valence-corrected chi connectivity index (χ3v) is 3.39. The fourth-order valence-electron chi connectivity index (χ4n) is 1.57. The molecule has 0 saturated heterocycles. The van der Waals surface area contributed by atoms with Crippen LogP contribution >= 0.6 is 11.8 Å². The predicted octanol–water partition coefficient (Wildman–Crippen LogP) is 1.40. The van der Waals surface area contributed by atoms with Crippen molar-refractivity contribution in [3.63, 3.8) is 0 Å². The van der Waals surface area contributed by atoms with Crippen molar-refractivity contribution in [2.45, 2.75) is 25.9 Å². The van der Waals surface area contributed by atoms with Crippen LogP contribution in [0.2, 0.25) is 0 Å². The lowest BCUT2D eigenvalue weighted by atomic mass is 10.2. The molecule has 3 N–H and O–H groups in total. The third-order valence-electron chi connectivity index (χ3n) is 2.75. The maximum Gasteiger partial charge on any atom is 0.326 e. The van der Waals surface area contributed by atoms with E-state index in [4.69, 9.17) is 5.11 Å². The molecule has 0 aliphatic carbocycles. The summed E-state index contributed by atoms with van der Waals surface area (Å²) in [6, 6.07) is 2.36. The molecule has 110 valence electrons. The summed E-state index contributed by atoms with van der Waals surface area (Å²) in [5.41, 5.74) is 1.74. The van der Waals surface area contributed by atoms with E-state index in [9.17, 15) is 9.59 Å². The van der Waals surface area contributed by atoms with Crippen LogP contribution in [0.15, 0.2) is 18.3 Å². The first-order valence-electron chi connectivity index (χ1n) is 6.21. The molecule has 0 spiro atoms. The Morgan fingerprint density at radius 2 is 2.25 bits per heavy atom. The van der Waals surface area contributed by atoms with E-state index in [1.807, 2.05) is 25.3 Å². The van der Waals surface area contributed by atoms with Gasteiger partial charge in [0.05, 0.1) is 12.2 Å². The first-order valence-corrected chi connectivity index (χ1v) is 7.60. The smallest absolute Gasteiger partial charge is 0.326 e. The van der Waals surface area contributed by atoms with E-state index < -0.39 is 18.0 Å². The first-order chi connectivity index (χ1) is 9.54. The minimum atomic E-state index is -1.02. The van der Waals surface area contributed by atoms with Crippen molar-refractivity contribution in [1.29, 1.82) is 0 Å². The Bertz CT molecular complexity index is 468. The lowest BCUT2D eigenvalue weighted by Crippen LogP contribution is -2.46. The molecule has 1 rings (SSSR count). The largest absolute Gasteiger partial charge is 0.480 e. The number of rotatable bonds is 7. The molecule has 0 saturated carbocycles. The van der Waals surface area contributed by atoms with Crippen molar-refractivity contribution in [1.82, 2.24) is 15.6 Å². The Kier molecular flexibility index (Phi) is 6.86. The number of nitrogens with zero attached hydrogens (tertiary/aromatic N) is 1. The summed E-state index contributed by atoms with van der Waals surface area (Å²) in [6.07, 6.45) is 3.94. The van der Waals surface area contributed by atoms with Gasteiger partial charge in [0.2, 0.25) is 0 Å². The Morgan fingerprint density at radius 1 is 1.50 bits per heavy atom. The van der Waals surface area contributed by atoms with E-state index in [-0.39, 0.29) is 6.54 Å². The quantitative estimate of drug-likeness (QED) is 0.707.